The molecule has 1 aromatic heterocycles. The lowest BCUT2D eigenvalue weighted by Crippen LogP contribution is -2.45. The van der Waals surface area contributed by atoms with Crippen molar-refractivity contribution >= 4 is 23.4 Å². The third kappa shape index (κ3) is 7.91. The molecule has 0 bridgehead atoms. The van der Waals surface area contributed by atoms with E-state index < -0.39 is 29.7 Å². The number of alkyl halides is 3. The molecular weight excluding hydrogens is 599 g/mol. The van der Waals surface area contributed by atoms with E-state index in [1.807, 2.05) is 35.4 Å². The summed E-state index contributed by atoms with van der Waals surface area (Å²) >= 11 is 6.65. The Balaban J connectivity index is 1.67. The van der Waals surface area contributed by atoms with Crippen molar-refractivity contribution < 1.29 is 32.6 Å². The van der Waals surface area contributed by atoms with Crippen LogP contribution in [0.25, 0.3) is 11.3 Å². The van der Waals surface area contributed by atoms with Crippen molar-refractivity contribution in [1.82, 2.24) is 19.8 Å². The Morgan fingerprint density at radius 1 is 1.16 bits per heavy atom. The maximum absolute atomic E-state index is 13.3. The SMILES string of the molecule is C[C@@H](Oc1ccc(C(N)=O)c([C@@H](CNC(=O)CN2CCC2)Cc2ccc(-c3cn(C)c(C(C)(C)O)n3)cc2)c1Cl)C(F)(F)F. The molecule has 0 radical (unpaired) electrons. The Hall–Kier alpha value is -3.61. The molecule has 1 aliphatic rings. The molecule has 1 fully saturated rings. The summed E-state index contributed by atoms with van der Waals surface area (Å²) in [5.74, 6) is -1.43. The number of benzene rings is 2. The highest BCUT2D eigenvalue weighted by Gasteiger charge is 2.39. The first kappa shape index (κ1) is 33.3. The van der Waals surface area contributed by atoms with E-state index in [2.05, 4.69) is 10.3 Å². The largest absolute Gasteiger partial charge is 0.480 e. The maximum atomic E-state index is 13.3. The highest BCUT2D eigenvalue weighted by atomic mass is 35.5. The third-order valence-corrected chi connectivity index (χ3v) is 7.99. The van der Waals surface area contributed by atoms with Crippen LogP contribution in [0, 0.1) is 0 Å². The Bertz CT molecular complexity index is 1500. The number of nitrogens with zero attached hydrogens (tertiary/aromatic N) is 3. The summed E-state index contributed by atoms with van der Waals surface area (Å²) < 4.78 is 46.8. The fourth-order valence-corrected chi connectivity index (χ4v) is 5.48. The molecule has 3 aromatic rings. The standard InChI is InChI=1S/C31H37ClF3N5O4/c1-18(31(33,34)35)44-24-11-10-22(28(36)42)26(27(24)32)21(15-37-25(41)17-40-12-5-13-40)14-19-6-8-20(9-7-19)23-16-39(4)29(38-23)30(2,3)43/h6-11,16,18,21,43H,5,12-15,17H2,1-4H3,(H2,36,42)(H,37,41)/t18-,21-/m1/s1. The van der Waals surface area contributed by atoms with Crippen molar-refractivity contribution in [2.24, 2.45) is 12.8 Å². The first-order valence-electron chi connectivity index (χ1n) is 14.2. The average Bonchev–Trinajstić information content (AvgIpc) is 3.31. The molecule has 0 spiro atoms. The minimum absolute atomic E-state index is 0.0215. The van der Waals surface area contributed by atoms with Gasteiger partial charge in [0.1, 0.15) is 17.2 Å². The van der Waals surface area contributed by atoms with E-state index in [0.717, 1.165) is 37.6 Å². The average molecular weight is 636 g/mol. The lowest BCUT2D eigenvalue weighted by atomic mass is 9.87. The van der Waals surface area contributed by atoms with Gasteiger partial charge in [-0.25, -0.2) is 4.98 Å². The number of likely N-dealkylation sites (tertiary alicyclic amines) is 1. The molecule has 13 heteroatoms. The predicted molar refractivity (Wildman–Crippen MR) is 161 cm³/mol. The topological polar surface area (TPSA) is 123 Å². The second-order valence-corrected chi connectivity index (χ2v) is 12.0. The predicted octanol–water partition coefficient (Wildman–Crippen LogP) is 4.54. The van der Waals surface area contributed by atoms with Gasteiger partial charge in [-0.2, -0.15) is 13.2 Å². The van der Waals surface area contributed by atoms with Gasteiger partial charge in [0.05, 0.1) is 17.3 Å². The zero-order chi connectivity index (χ0) is 32.4. The Kier molecular flexibility index (Phi) is 9.96. The van der Waals surface area contributed by atoms with Gasteiger partial charge in [-0.15, -0.1) is 0 Å². The van der Waals surface area contributed by atoms with Gasteiger partial charge in [-0.3, -0.25) is 14.5 Å². The second kappa shape index (κ2) is 13.2. The fraction of sp³-hybridized carbons (Fsp3) is 0.452. The van der Waals surface area contributed by atoms with Gasteiger partial charge >= 0.3 is 6.18 Å². The van der Waals surface area contributed by atoms with E-state index >= 15 is 0 Å². The lowest BCUT2D eigenvalue weighted by molar-refractivity contribution is -0.189. The summed E-state index contributed by atoms with van der Waals surface area (Å²) in [5, 5.41) is 13.1. The Morgan fingerprint density at radius 2 is 1.82 bits per heavy atom. The number of carbonyl (C=O) groups excluding carboxylic acids is 2. The smallest absolute Gasteiger partial charge is 0.425 e. The molecule has 1 aliphatic heterocycles. The fourth-order valence-electron chi connectivity index (χ4n) is 5.12. The van der Waals surface area contributed by atoms with Gasteiger partial charge < -0.3 is 25.5 Å². The molecule has 238 valence electrons. The van der Waals surface area contributed by atoms with Gasteiger partial charge in [-0.1, -0.05) is 35.9 Å². The van der Waals surface area contributed by atoms with Gasteiger partial charge in [0, 0.05) is 36.8 Å². The second-order valence-electron chi connectivity index (χ2n) is 11.7. The van der Waals surface area contributed by atoms with E-state index in [-0.39, 0.29) is 47.3 Å². The van der Waals surface area contributed by atoms with E-state index in [9.17, 15) is 27.9 Å². The van der Waals surface area contributed by atoms with Crippen molar-refractivity contribution in [1.29, 1.82) is 0 Å². The molecule has 2 heterocycles. The number of hydrogen-bond acceptors (Lipinski definition) is 6. The molecule has 0 aliphatic carbocycles. The van der Waals surface area contributed by atoms with Crippen LogP contribution in [-0.2, 0) is 23.9 Å². The van der Waals surface area contributed by atoms with Crippen molar-refractivity contribution in [3.8, 4) is 17.0 Å². The van der Waals surface area contributed by atoms with Crippen LogP contribution >= 0.6 is 11.6 Å². The molecule has 4 rings (SSSR count). The number of nitrogens with one attached hydrogen (secondary N) is 1. The highest BCUT2D eigenvalue weighted by Crippen LogP contribution is 2.39. The summed E-state index contributed by atoms with van der Waals surface area (Å²) in [5.41, 5.74) is 7.02. The Labute approximate surface area is 259 Å². The van der Waals surface area contributed by atoms with Crippen molar-refractivity contribution in [3.05, 3.63) is 70.1 Å². The van der Waals surface area contributed by atoms with Crippen molar-refractivity contribution in [3.63, 3.8) is 0 Å². The van der Waals surface area contributed by atoms with Gasteiger partial charge in [-0.05, 0) is 70.0 Å². The molecule has 2 aromatic carbocycles. The number of carbonyl (C=O) groups is 2. The molecule has 0 saturated carbocycles. The van der Waals surface area contributed by atoms with E-state index in [4.69, 9.17) is 22.1 Å². The van der Waals surface area contributed by atoms with Gasteiger partial charge in [0.15, 0.2) is 6.10 Å². The molecule has 1 saturated heterocycles. The number of aliphatic hydroxyl groups is 1. The summed E-state index contributed by atoms with van der Waals surface area (Å²) in [6.07, 6.45) is -3.70. The number of nitrogens with two attached hydrogens (primary N) is 1. The van der Waals surface area contributed by atoms with Crippen LogP contribution in [-0.4, -0.2) is 69.8 Å². The molecular formula is C31H37ClF3N5O4. The van der Waals surface area contributed by atoms with Crippen molar-refractivity contribution in [2.75, 3.05) is 26.2 Å². The molecule has 2 atom stereocenters. The van der Waals surface area contributed by atoms with Crippen LogP contribution in [0.1, 0.15) is 60.4 Å². The normalized spacial score (nSPS) is 15.4. The summed E-state index contributed by atoms with van der Waals surface area (Å²) in [6.45, 7) is 6.07. The molecule has 0 unspecified atom stereocenters. The molecule has 44 heavy (non-hydrogen) atoms. The number of aromatic nitrogens is 2. The quantitative estimate of drug-likeness (QED) is 0.269. The lowest BCUT2D eigenvalue weighted by Gasteiger charge is -2.30. The number of imidazole rings is 1. The molecule has 2 amide bonds. The number of aryl methyl sites for hydroxylation is 1. The summed E-state index contributed by atoms with van der Waals surface area (Å²) in [7, 11) is 1.80. The third-order valence-electron chi connectivity index (χ3n) is 7.60. The minimum atomic E-state index is -4.64. The van der Waals surface area contributed by atoms with E-state index in [0.29, 0.717) is 11.5 Å². The zero-order valence-electron chi connectivity index (χ0n) is 25.0. The number of ether oxygens (including phenoxy) is 1. The van der Waals surface area contributed by atoms with Gasteiger partial charge in [0.2, 0.25) is 11.8 Å². The molecule has 4 N–H and O–H groups in total. The van der Waals surface area contributed by atoms with Crippen LogP contribution in [0.3, 0.4) is 0 Å². The zero-order valence-corrected chi connectivity index (χ0v) is 25.8. The van der Waals surface area contributed by atoms with Crippen LogP contribution in [0.2, 0.25) is 5.02 Å². The van der Waals surface area contributed by atoms with E-state index in [1.165, 1.54) is 12.1 Å². The first-order chi connectivity index (χ1) is 20.5. The van der Waals surface area contributed by atoms with E-state index in [1.54, 1.807) is 25.5 Å². The number of halogens is 4. The molecule has 9 nitrogen and oxygen atoms in total. The first-order valence-corrected chi connectivity index (χ1v) is 14.6. The van der Waals surface area contributed by atoms with Crippen LogP contribution < -0.4 is 15.8 Å². The van der Waals surface area contributed by atoms with Crippen LogP contribution in [0.15, 0.2) is 42.6 Å². The number of hydrogen-bond donors (Lipinski definition) is 3. The minimum Gasteiger partial charge on any atom is -0.480 e. The maximum Gasteiger partial charge on any atom is 0.425 e. The Morgan fingerprint density at radius 3 is 2.34 bits per heavy atom. The van der Waals surface area contributed by atoms with Gasteiger partial charge in [0.25, 0.3) is 0 Å². The highest BCUT2D eigenvalue weighted by molar-refractivity contribution is 6.33. The number of primary amides is 1. The van der Waals surface area contributed by atoms with Crippen LogP contribution in [0.5, 0.6) is 5.75 Å². The van der Waals surface area contributed by atoms with Crippen molar-refractivity contribution in [2.45, 2.75) is 57.4 Å². The number of amides is 2. The summed E-state index contributed by atoms with van der Waals surface area (Å²) in [4.78, 5) is 31.7. The summed E-state index contributed by atoms with van der Waals surface area (Å²) in [6, 6.07) is 9.90. The monoisotopic (exact) mass is 635 g/mol. The number of rotatable bonds is 12. The van der Waals surface area contributed by atoms with Crippen LogP contribution in [0.4, 0.5) is 13.2 Å².